The van der Waals surface area contributed by atoms with E-state index >= 15 is 0 Å². The number of hydrogen-bond acceptors (Lipinski definition) is 3. The molecule has 1 unspecified atom stereocenters. The molecule has 0 aliphatic carbocycles. The quantitative estimate of drug-likeness (QED) is 0.771. The van der Waals surface area contributed by atoms with Crippen molar-refractivity contribution in [2.75, 3.05) is 38.6 Å². The van der Waals surface area contributed by atoms with Crippen molar-refractivity contribution >= 4 is 5.69 Å². The second kappa shape index (κ2) is 9.33. The lowest BCUT2D eigenvalue weighted by Gasteiger charge is -2.28. The smallest absolute Gasteiger partial charge is 0.0718 e. The molecule has 0 amide bonds. The van der Waals surface area contributed by atoms with Crippen LogP contribution in [0.25, 0.3) is 0 Å². The predicted octanol–water partition coefficient (Wildman–Crippen LogP) is 3.05. The van der Waals surface area contributed by atoms with Crippen LogP contribution in [0.1, 0.15) is 12.0 Å². The molecule has 1 atom stereocenters. The van der Waals surface area contributed by atoms with Crippen LogP contribution >= 0.6 is 0 Å². The molecule has 2 aromatic rings. The Balaban J connectivity index is 1.91. The lowest BCUT2D eigenvalue weighted by Crippen LogP contribution is -2.37. The Labute approximate surface area is 140 Å². The molecule has 0 spiro atoms. The summed E-state index contributed by atoms with van der Waals surface area (Å²) in [5, 5.41) is 10.5. The van der Waals surface area contributed by atoms with Crippen LogP contribution in [0.4, 0.5) is 5.69 Å². The molecule has 0 fully saturated rings. The van der Waals surface area contributed by atoms with Crippen LogP contribution in [0.5, 0.6) is 0 Å². The van der Waals surface area contributed by atoms with Crippen LogP contribution < -0.4 is 4.90 Å². The number of likely N-dealkylation sites (N-methyl/N-ethyl adjacent to an activating group) is 1. The van der Waals surface area contributed by atoms with Crippen LogP contribution in [0, 0.1) is 0 Å². The van der Waals surface area contributed by atoms with Gasteiger partial charge in [-0.1, -0.05) is 48.5 Å². The van der Waals surface area contributed by atoms with Gasteiger partial charge in [-0.05, 0) is 44.6 Å². The van der Waals surface area contributed by atoms with Crippen molar-refractivity contribution in [3.05, 3.63) is 66.2 Å². The van der Waals surface area contributed by atoms with Gasteiger partial charge in [0.15, 0.2) is 0 Å². The highest BCUT2D eigenvalue weighted by molar-refractivity contribution is 5.46. The molecule has 1 N–H and O–H groups in total. The van der Waals surface area contributed by atoms with E-state index in [1.165, 1.54) is 11.3 Å². The molecule has 23 heavy (non-hydrogen) atoms. The van der Waals surface area contributed by atoms with Crippen molar-refractivity contribution in [3.8, 4) is 0 Å². The molecule has 3 nitrogen and oxygen atoms in total. The highest BCUT2D eigenvalue weighted by Gasteiger charge is 2.13. The zero-order valence-electron chi connectivity index (χ0n) is 14.2. The fourth-order valence-electron chi connectivity index (χ4n) is 2.61. The maximum absolute atomic E-state index is 10.5. The third-order valence-corrected chi connectivity index (χ3v) is 3.98. The number of para-hydroxylation sites is 1. The monoisotopic (exact) mass is 312 g/mol. The Kier molecular flexibility index (Phi) is 7.11. The lowest BCUT2D eigenvalue weighted by atomic mass is 10.1. The van der Waals surface area contributed by atoms with Gasteiger partial charge >= 0.3 is 0 Å². The minimum absolute atomic E-state index is 0.322. The second-order valence-electron chi connectivity index (χ2n) is 6.26. The lowest BCUT2D eigenvalue weighted by molar-refractivity contribution is 0.169. The molecule has 0 bridgehead atoms. The van der Waals surface area contributed by atoms with Crippen molar-refractivity contribution in [3.63, 3.8) is 0 Å². The molecule has 0 saturated carbocycles. The van der Waals surface area contributed by atoms with E-state index in [-0.39, 0.29) is 6.10 Å². The fraction of sp³-hybridized carbons (Fsp3) is 0.400. The van der Waals surface area contributed by atoms with Crippen molar-refractivity contribution in [1.29, 1.82) is 0 Å². The number of anilines is 1. The number of aliphatic hydroxyl groups excluding tert-OH is 1. The molecule has 0 aliphatic heterocycles. The molecule has 0 saturated heterocycles. The Morgan fingerprint density at radius 2 is 1.48 bits per heavy atom. The first-order chi connectivity index (χ1) is 11.1. The number of hydrogen-bond donors (Lipinski definition) is 1. The van der Waals surface area contributed by atoms with Gasteiger partial charge in [0, 0.05) is 25.3 Å². The van der Waals surface area contributed by atoms with E-state index in [0.29, 0.717) is 6.54 Å². The summed E-state index contributed by atoms with van der Waals surface area (Å²) < 4.78 is 0. The Hall–Kier alpha value is -1.84. The first kappa shape index (κ1) is 17.5. The van der Waals surface area contributed by atoms with Gasteiger partial charge in [-0.15, -0.1) is 0 Å². The molecule has 0 aromatic heterocycles. The zero-order chi connectivity index (χ0) is 16.5. The molecule has 124 valence electrons. The normalized spacial score (nSPS) is 12.3. The summed E-state index contributed by atoms with van der Waals surface area (Å²) in [5.41, 5.74) is 2.46. The molecule has 2 aromatic carbocycles. The van der Waals surface area contributed by atoms with Crippen LogP contribution in [0.2, 0.25) is 0 Å². The predicted molar refractivity (Wildman–Crippen MR) is 98.0 cm³/mol. The van der Waals surface area contributed by atoms with Crippen LogP contribution in [0.15, 0.2) is 60.7 Å². The Morgan fingerprint density at radius 1 is 0.870 bits per heavy atom. The second-order valence-corrected chi connectivity index (χ2v) is 6.26. The van der Waals surface area contributed by atoms with Gasteiger partial charge < -0.3 is 14.9 Å². The van der Waals surface area contributed by atoms with Gasteiger partial charge in [0.25, 0.3) is 0 Å². The standard InChI is InChI=1S/C20H28N2O/c1-21(2)15-16-22(19-11-7-4-8-12-19)17-20(23)14-13-18-9-5-3-6-10-18/h3-12,20,23H,13-17H2,1-2H3. The molecule has 0 radical (unpaired) electrons. The summed E-state index contributed by atoms with van der Waals surface area (Å²) in [5.74, 6) is 0. The molecule has 0 aliphatic rings. The van der Waals surface area contributed by atoms with E-state index in [4.69, 9.17) is 0 Å². The maximum atomic E-state index is 10.5. The SMILES string of the molecule is CN(C)CCN(CC(O)CCc1ccccc1)c1ccccc1. The highest BCUT2D eigenvalue weighted by Crippen LogP contribution is 2.15. The summed E-state index contributed by atoms with van der Waals surface area (Å²) in [6.45, 7) is 2.56. The van der Waals surface area contributed by atoms with E-state index < -0.39 is 0 Å². The van der Waals surface area contributed by atoms with Crippen molar-refractivity contribution in [1.82, 2.24) is 4.90 Å². The summed E-state index contributed by atoms with van der Waals surface area (Å²) >= 11 is 0. The number of aryl methyl sites for hydroxylation is 1. The topological polar surface area (TPSA) is 26.7 Å². The van der Waals surface area contributed by atoms with Crippen molar-refractivity contribution < 1.29 is 5.11 Å². The minimum Gasteiger partial charge on any atom is -0.391 e. The maximum Gasteiger partial charge on any atom is 0.0718 e. The molecular weight excluding hydrogens is 284 g/mol. The molecule has 0 heterocycles. The van der Waals surface area contributed by atoms with Crippen molar-refractivity contribution in [2.24, 2.45) is 0 Å². The average molecular weight is 312 g/mol. The van der Waals surface area contributed by atoms with Crippen LogP contribution in [0.3, 0.4) is 0 Å². The summed E-state index contributed by atoms with van der Waals surface area (Å²) in [6.07, 6.45) is 1.38. The third kappa shape index (κ3) is 6.43. The summed E-state index contributed by atoms with van der Waals surface area (Å²) in [4.78, 5) is 4.45. The Morgan fingerprint density at radius 3 is 2.09 bits per heavy atom. The van der Waals surface area contributed by atoms with Gasteiger partial charge in [-0.2, -0.15) is 0 Å². The number of benzene rings is 2. The number of rotatable bonds is 9. The van der Waals surface area contributed by atoms with Gasteiger partial charge in [-0.25, -0.2) is 0 Å². The fourth-order valence-corrected chi connectivity index (χ4v) is 2.61. The first-order valence-corrected chi connectivity index (χ1v) is 8.32. The molecule has 2 rings (SSSR count). The van der Waals surface area contributed by atoms with E-state index in [0.717, 1.165) is 25.9 Å². The van der Waals surface area contributed by atoms with E-state index in [1.54, 1.807) is 0 Å². The van der Waals surface area contributed by atoms with Crippen LogP contribution in [-0.4, -0.2) is 49.8 Å². The summed E-state index contributed by atoms with van der Waals surface area (Å²) in [6, 6.07) is 20.7. The van der Waals surface area contributed by atoms with Crippen LogP contribution in [-0.2, 0) is 6.42 Å². The first-order valence-electron chi connectivity index (χ1n) is 8.32. The van der Waals surface area contributed by atoms with Gasteiger partial charge in [0.05, 0.1) is 6.10 Å². The number of nitrogens with zero attached hydrogens (tertiary/aromatic N) is 2. The highest BCUT2D eigenvalue weighted by atomic mass is 16.3. The van der Waals surface area contributed by atoms with E-state index in [9.17, 15) is 5.11 Å². The van der Waals surface area contributed by atoms with Crippen molar-refractivity contribution in [2.45, 2.75) is 18.9 Å². The largest absolute Gasteiger partial charge is 0.391 e. The zero-order valence-corrected chi connectivity index (χ0v) is 14.2. The van der Waals surface area contributed by atoms with E-state index in [2.05, 4.69) is 60.3 Å². The van der Waals surface area contributed by atoms with Gasteiger partial charge in [0.2, 0.25) is 0 Å². The Bertz CT molecular complexity index is 542. The van der Waals surface area contributed by atoms with Gasteiger partial charge in [0.1, 0.15) is 0 Å². The third-order valence-electron chi connectivity index (χ3n) is 3.98. The summed E-state index contributed by atoms with van der Waals surface area (Å²) in [7, 11) is 4.16. The molecular formula is C20H28N2O. The average Bonchev–Trinajstić information content (AvgIpc) is 2.58. The molecule has 3 heteroatoms. The van der Waals surface area contributed by atoms with E-state index in [1.807, 2.05) is 24.3 Å². The number of aliphatic hydroxyl groups is 1. The minimum atomic E-state index is -0.322. The van der Waals surface area contributed by atoms with Gasteiger partial charge in [-0.3, -0.25) is 0 Å².